The average Bonchev–Trinajstić information content (AvgIpc) is 1.85. The van der Waals surface area contributed by atoms with E-state index >= 15 is 0 Å². The van der Waals surface area contributed by atoms with Crippen molar-refractivity contribution in [2.45, 2.75) is 6.92 Å². The molecule has 1 N–H and O–H groups in total. The van der Waals surface area contributed by atoms with E-state index in [4.69, 9.17) is 5.21 Å². The van der Waals surface area contributed by atoms with Crippen LogP contribution in [0.4, 0.5) is 0 Å². The van der Waals surface area contributed by atoms with E-state index in [-0.39, 0.29) is 0 Å². The van der Waals surface area contributed by atoms with Crippen LogP contribution in [0.5, 0.6) is 0 Å². The summed E-state index contributed by atoms with van der Waals surface area (Å²) in [4.78, 5) is 0. The largest absolute Gasteiger partial charge is 0.294 e. The van der Waals surface area contributed by atoms with Crippen molar-refractivity contribution in [3.05, 3.63) is 11.8 Å². The van der Waals surface area contributed by atoms with Crippen molar-refractivity contribution in [1.29, 1.82) is 0 Å². The average molecular weight is 114 g/mol. The van der Waals surface area contributed by atoms with Gasteiger partial charge in [0.2, 0.25) is 0 Å². The van der Waals surface area contributed by atoms with Gasteiger partial charge in [0.1, 0.15) is 0 Å². The van der Waals surface area contributed by atoms with Crippen LogP contribution in [0.15, 0.2) is 11.8 Å². The highest BCUT2D eigenvalue weighted by molar-refractivity contribution is 5.02. The zero-order valence-electron chi connectivity index (χ0n) is 5.13. The van der Waals surface area contributed by atoms with Gasteiger partial charge in [-0.1, -0.05) is 5.17 Å². The molecule has 0 saturated carbocycles. The highest BCUT2D eigenvalue weighted by Gasteiger charge is 2.11. The normalized spacial score (nSPS) is 21.9. The number of rotatable bonds is 0. The molecule has 0 aromatic heterocycles. The Balaban J connectivity index is 2.56. The Labute approximate surface area is 48.7 Å². The maximum Gasteiger partial charge on any atom is 0.0677 e. The zero-order valence-corrected chi connectivity index (χ0v) is 5.13. The summed E-state index contributed by atoms with van der Waals surface area (Å²) in [5, 5.41) is 11.7. The third-order valence-electron chi connectivity index (χ3n) is 1.16. The molecular formula is C5H10N2O. The first kappa shape index (κ1) is 5.59. The first-order chi connectivity index (χ1) is 3.70. The first-order valence-corrected chi connectivity index (χ1v) is 2.56. The Morgan fingerprint density at radius 3 is 2.50 bits per heavy atom. The van der Waals surface area contributed by atoms with E-state index in [1.165, 1.54) is 5.57 Å². The van der Waals surface area contributed by atoms with E-state index in [2.05, 4.69) is 0 Å². The topological polar surface area (TPSA) is 26.7 Å². The molecule has 0 aromatic carbocycles. The van der Waals surface area contributed by atoms with Crippen LogP contribution in [0.2, 0.25) is 0 Å². The number of hydrazine groups is 1. The summed E-state index contributed by atoms with van der Waals surface area (Å²) in [6.07, 6.45) is 1.89. The quantitative estimate of drug-likeness (QED) is 0.495. The van der Waals surface area contributed by atoms with Gasteiger partial charge in [-0.2, -0.15) is 0 Å². The predicted molar refractivity (Wildman–Crippen MR) is 30.0 cm³/mol. The highest BCUT2D eigenvalue weighted by atomic mass is 16.5. The smallest absolute Gasteiger partial charge is 0.0677 e. The van der Waals surface area contributed by atoms with Crippen LogP contribution in [0.1, 0.15) is 6.92 Å². The third kappa shape index (κ3) is 0.827. The van der Waals surface area contributed by atoms with E-state index in [0.717, 1.165) is 5.17 Å². The van der Waals surface area contributed by atoms with Gasteiger partial charge in [-0.15, -0.1) is 0 Å². The standard InChI is InChI=1S/C5H10N2O/c1-5-3-6(2)7(8)4-5/h3,8H,4H2,1-2H3. The molecule has 0 atom stereocenters. The second-order valence-electron chi connectivity index (χ2n) is 2.08. The van der Waals surface area contributed by atoms with E-state index in [0.29, 0.717) is 6.54 Å². The lowest BCUT2D eigenvalue weighted by molar-refractivity contribution is -0.195. The molecule has 1 aliphatic heterocycles. The Kier molecular flexibility index (Phi) is 1.23. The molecule has 3 nitrogen and oxygen atoms in total. The van der Waals surface area contributed by atoms with Crippen LogP contribution < -0.4 is 0 Å². The molecule has 0 amide bonds. The summed E-state index contributed by atoms with van der Waals surface area (Å²) in [7, 11) is 1.80. The number of nitrogens with zero attached hydrogens (tertiary/aromatic N) is 2. The van der Waals surface area contributed by atoms with E-state index in [1.807, 2.05) is 13.1 Å². The molecule has 8 heavy (non-hydrogen) atoms. The van der Waals surface area contributed by atoms with Gasteiger partial charge in [0.25, 0.3) is 0 Å². The van der Waals surface area contributed by atoms with Crippen molar-refractivity contribution in [2.24, 2.45) is 0 Å². The molecule has 0 saturated heterocycles. The number of hydrogen-bond donors (Lipinski definition) is 1. The van der Waals surface area contributed by atoms with Crippen LogP contribution in [-0.4, -0.2) is 29.0 Å². The zero-order chi connectivity index (χ0) is 6.15. The maximum atomic E-state index is 8.88. The lowest BCUT2D eigenvalue weighted by Crippen LogP contribution is -2.28. The van der Waals surface area contributed by atoms with E-state index < -0.39 is 0 Å². The highest BCUT2D eigenvalue weighted by Crippen LogP contribution is 2.07. The first-order valence-electron chi connectivity index (χ1n) is 2.56. The molecule has 0 fully saturated rings. The minimum absolute atomic E-state index is 0.635. The molecule has 0 unspecified atom stereocenters. The lowest BCUT2D eigenvalue weighted by atomic mass is 10.4. The van der Waals surface area contributed by atoms with Crippen molar-refractivity contribution < 1.29 is 5.21 Å². The fourth-order valence-electron chi connectivity index (χ4n) is 0.761. The van der Waals surface area contributed by atoms with Crippen LogP contribution in [-0.2, 0) is 0 Å². The summed E-state index contributed by atoms with van der Waals surface area (Å²) < 4.78 is 0. The van der Waals surface area contributed by atoms with Crippen molar-refractivity contribution in [3.63, 3.8) is 0 Å². The summed E-state index contributed by atoms with van der Waals surface area (Å²) in [6, 6.07) is 0. The van der Waals surface area contributed by atoms with Crippen LogP contribution >= 0.6 is 0 Å². The third-order valence-corrected chi connectivity index (χ3v) is 1.16. The Hall–Kier alpha value is -0.540. The van der Waals surface area contributed by atoms with Gasteiger partial charge in [0, 0.05) is 13.2 Å². The van der Waals surface area contributed by atoms with Crippen LogP contribution in [0.25, 0.3) is 0 Å². The van der Waals surface area contributed by atoms with Gasteiger partial charge in [-0.25, -0.2) is 0 Å². The molecule has 0 aromatic rings. The van der Waals surface area contributed by atoms with Crippen LogP contribution in [0, 0.1) is 0 Å². The van der Waals surface area contributed by atoms with E-state index in [1.54, 1.807) is 12.1 Å². The fourth-order valence-corrected chi connectivity index (χ4v) is 0.761. The van der Waals surface area contributed by atoms with Crippen LogP contribution in [0.3, 0.4) is 0 Å². The molecule has 0 aliphatic carbocycles. The fraction of sp³-hybridized carbons (Fsp3) is 0.600. The Morgan fingerprint density at radius 2 is 2.38 bits per heavy atom. The molecule has 0 bridgehead atoms. The minimum atomic E-state index is 0.635. The van der Waals surface area contributed by atoms with Gasteiger partial charge in [0.05, 0.1) is 6.54 Å². The summed E-state index contributed by atoms with van der Waals surface area (Å²) >= 11 is 0. The maximum absolute atomic E-state index is 8.88. The molecule has 3 heteroatoms. The Bertz CT molecular complexity index is 122. The monoisotopic (exact) mass is 114 g/mol. The van der Waals surface area contributed by atoms with Gasteiger partial charge >= 0.3 is 0 Å². The second-order valence-corrected chi connectivity index (χ2v) is 2.08. The summed E-state index contributed by atoms with van der Waals surface area (Å²) in [5.74, 6) is 0. The molecule has 1 rings (SSSR count). The lowest BCUT2D eigenvalue weighted by Gasteiger charge is -2.16. The molecule has 0 radical (unpaired) electrons. The molecule has 1 heterocycles. The van der Waals surface area contributed by atoms with Gasteiger partial charge in [0.15, 0.2) is 0 Å². The van der Waals surface area contributed by atoms with E-state index in [9.17, 15) is 0 Å². The van der Waals surface area contributed by atoms with Gasteiger partial charge in [-0.3, -0.25) is 10.2 Å². The summed E-state index contributed by atoms with van der Waals surface area (Å²) in [6.45, 7) is 2.61. The van der Waals surface area contributed by atoms with Crippen molar-refractivity contribution >= 4 is 0 Å². The molecule has 1 aliphatic rings. The van der Waals surface area contributed by atoms with Crippen molar-refractivity contribution in [2.75, 3.05) is 13.6 Å². The number of hydroxylamine groups is 1. The van der Waals surface area contributed by atoms with Gasteiger partial charge < -0.3 is 0 Å². The van der Waals surface area contributed by atoms with Gasteiger partial charge in [-0.05, 0) is 12.5 Å². The minimum Gasteiger partial charge on any atom is -0.294 e. The predicted octanol–water partition coefficient (Wildman–Crippen LogP) is 0.442. The van der Waals surface area contributed by atoms with Crippen molar-refractivity contribution in [1.82, 2.24) is 10.2 Å². The molecular weight excluding hydrogens is 104 g/mol. The molecule has 0 spiro atoms. The SMILES string of the molecule is CC1=CN(C)N(O)C1. The Morgan fingerprint density at radius 1 is 1.75 bits per heavy atom. The number of hydrogen-bond acceptors (Lipinski definition) is 3. The second kappa shape index (κ2) is 1.76. The molecule has 46 valence electrons. The van der Waals surface area contributed by atoms with Crippen molar-refractivity contribution in [3.8, 4) is 0 Å². The summed E-state index contributed by atoms with van der Waals surface area (Å²) in [5.41, 5.74) is 1.18.